The highest BCUT2D eigenvalue weighted by atomic mass is 35.5. The van der Waals surface area contributed by atoms with E-state index in [1.807, 2.05) is 0 Å². The predicted molar refractivity (Wildman–Crippen MR) is 145 cm³/mol. The number of nitrogens with zero attached hydrogens (tertiary/aromatic N) is 2. The van der Waals surface area contributed by atoms with Crippen LogP contribution in [0.5, 0.6) is 0 Å². The quantitative estimate of drug-likeness (QED) is 0.385. The van der Waals surface area contributed by atoms with Crippen LogP contribution in [0, 0.1) is 11.6 Å². The van der Waals surface area contributed by atoms with E-state index in [0.29, 0.717) is 15.6 Å². The van der Waals surface area contributed by atoms with Gasteiger partial charge in [-0.15, -0.1) is 0 Å². The molecule has 7 nitrogen and oxygen atoms in total. The molecule has 0 unspecified atom stereocenters. The van der Waals surface area contributed by atoms with E-state index in [0.717, 1.165) is 54.4 Å². The van der Waals surface area contributed by atoms with E-state index in [1.165, 1.54) is 4.90 Å². The summed E-state index contributed by atoms with van der Waals surface area (Å²) in [6.07, 6.45) is 4.78. The van der Waals surface area contributed by atoms with Crippen LogP contribution in [0.15, 0.2) is 36.4 Å². The highest BCUT2D eigenvalue weighted by Crippen LogP contribution is 2.25. The average molecular weight is 591 g/mol. The van der Waals surface area contributed by atoms with Crippen molar-refractivity contribution in [3.63, 3.8) is 0 Å². The normalized spacial score (nSPS) is 14.8. The van der Waals surface area contributed by atoms with E-state index in [1.54, 1.807) is 25.1 Å². The summed E-state index contributed by atoms with van der Waals surface area (Å²) in [6, 6.07) is 6.93. The molecule has 1 saturated carbocycles. The Balaban J connectivity index is 1.75. The number of carbonyl (C=O) groups is 2. The SMILES string of the molecule is C[C@@H](C(=O)NC1CCCC1)N(Cc1ccc(Cl)cc1Cl)C(=O)CCCN(c1ccc(F)c(F)c1)S(C)(=O)=O. The molecular weight excluding hydrogens is 559 g/mol. The molecule has 1 N–H and O–H groups in total. The lowest BCUT2D eigenvalue weighted by atomic mass is 10.1. The summed E-state index contributed by atoms with van der Waals surface area (Å²) >= 11 is 12.3. The van der Waals surface area contributed by atoms with Crippen molar-refractivity contribution in [2.75, 3.05) is 17.1 Å². The summed E-state index contributed by atoms with van der Waals surface area (Å²) in [4.78, 5) is 27.8. The van der Waals surface area contributed by atoms with Gasteiger partial charge in [-0.25, -0.2) is 17.2 Å². The summed E-state index contributed by atoms with van der Waals surface area (Å²) in [7, 11) is -3.84. The Hall–Kier alpha value is -2.43. The minimum Gasteiger partial charge on any atom is -0.352 e. The summed E-state index contributed by atoms with van der Waals surface area (Å²) in [5.74, 6) is -2.95. The predicted octanol–water partition coefficient (Wildman–Crippen LogP) is 5.29. The molecule has 2 aromatic rings. The number of hydrogen-bond acceptors (Lipinski definition) is 4. The molecule has 1 atom stereocenters. The maximum absolute atomic E-state index is 13.7. The topological polar surface area (TPSA) is 86.8 Å². The zero-order chi connectivity index (χ0) is 28.0. The molecule has 2 aromatic carbocycles. The number of carbonyl (C=O) groups excluding carboxylic acids is 2. The monoisotopic (exact) mass is 589 g/mol. The Morgan fingerprint density at radius 2 is 1.76 bits per heavy atom. The van der Waals surface area contributed by atoms with Gasteiger partial charge in [0.25, 0.3) is 0 Å². The van der Waals surface area contributed by atoms with Crippen LogP contribution in [0.2, 0.25) is 10.0 Å². The second kappa shape index (κ2) is 13.1. The maximum atomic E-state index is 13.7. The van der Waals surface area contributed by atoms with E-state index in [9.17, 15) is 26.8 Å². The first-order valence-electron chi connectivity index (χ1n) is 12.3. The van der Waals surface area contributed by atoms with Crippen molar-refractivity contribution in [1.82, 2.24) is 10.2 Å². The van der Waals surface area contributed by atoms with Crippen LogP contribution < -0.4 is 9.62 Å². The Morgan fingerprint density at radius 1 is 1.08 bits per heavy atom. The zero-order valence-electron chi connectivity index (χ0n) is 21.2. The van der Waals surface area contributed by atoms with Crippen molar-refractivity contribution in [2.24, 2.45) is 0 Å². The highest BCUT2D eigenvalue weighted by Gasteiger charge is 2.29. The third kappa shape index (κ3) is 8.04. The highest BCUT2D eigenvalue weighted by molar-refractivity contribution is 7.92. The second-order valence-electron chi connectivity index (χ2n) is 9.46. The Bertz CT molecular complexity index is 1270. The lowest BCUT2D eigenvalue weighted by molar-refractivity contribution is -0.140. The summed E-state index contributed by atoms with van der Waals surface area (Å²) < 4.78 is 52.7. The van der Waals surface area contributed by atoms with Gasteiger partial charge in [-0.1, -0.05) is 42.1 Å². The molecule has 3 rings (SSSR count). The number of nitrogens with one attached hydrogen (secondary N) is 1. The summed E-state index contributed by atoms with van der Waals surface area (Å²) in [5, 5.41) is 3.79. The first-order chi connectivity index (χ1) is 17.9. The second-order valence-corrected chi connectivity index (χ2v) is 12.2. The first-order valence-corrected chi connectivity index (χ1v) is 14.9. The number of anilines is 1. The van der Waals surface area contributed by atoms with Gasteiger partial charge in [0.1, 0.15) is 6.04 Å². The smallest absolute Gasteiger partial charge is 0.242 e. The van der Waals surface area contributed by atoms with Crippen LogP contribution in [0.4, 0.5) is 14.5 Å². The molecule has 0 saturated heterocycles. The van der Waals surface area contributed by atoms with Crippen LogP contribution in [0.3, 0.4) is 0 Å². The minimum atomic E-state index is -3.84. The van der Waals surface area contributed by atoms with E-state index in [-0.39, 0.29) is 49.5 Å². The van der Waals surface area contributed by atoms with Gasteiger partial charge in [0.05, 0.1) is 11.9 Å². The molecular formula is C26H31Cl2F2N3O4S. The van der Waals surface area contributed by atoms with Gasteiger partial charge in [0.15, 0.2) is 11.6 Å². The number of sulfonamides is 1. The van der Waals surface area contributed by atoms with E-state index in [2.05, 4.69) is 5.32 Å². The van der Waals surface area contributed by atoms with Crippen LogP contribution in [0.1, 0.15) is 51.0 Å². The average Bonchev–Trinajstić information content (AvgIpc) is 3.35. The van der Waals surface area contributed by atoms with Crippen molar-refractivity contribution in [1.29, 1.82) is 0 Å². The van der Waals surface area contributed by atoms with Gasteiger partial charge in [0.2, 0.25) is 21.8 Å². The lowest BCUT2D eigenvalue weighted by Crippen LogP contribution is -2.49. The van der Waals surface area contributed by atoms with Gasteiger partial charge in [0, 0.05) is 41.7 Å². The van der Waals surface area contributed by atoms with Gasteiger partial charge >= 0.3 is 0 Å². The van der Waals surface area contributed by atoms with Gasteiger partial charge in [-0.3, -0.25) is 13.9 Å². The summed E-state index contributed by atoms with van der Waals surface area (Å²) in [6.45, 7) is 1.54. The Kier molecular flexibility index (Phi) is 10.4. The van der Waals surface area contributed by atoms with Crippen molar-refractivity contribution in [3.8, 4) is 0 Å². The van der Waals surface area contributed by atoms with Gasteiger partial charge < -0.3 is 10.2 Å². The first kappa shape index (κ1) is 30.1. The molecule has 0 radical (unpaired) electrons. The van der Waals surface area contributed by atoms with Crippen molar-refractivity contribution >= 4 is 50.7 Å². The number of halogens is 4. The van der Waals surface area contributed by atoms with Crippen LogP contribution in [-0.4, -0.2) is 50.0 Å². The zero-order valence-corrected chi connectivity index (χ0v) is 23.6. The van der Waals surface area contributed by atoms with Gasteiger partial charge in [-0.05, 0) is 56.0 Å². The molecule has 0 bridgehead atoms. The molecule has 0 spiro atoms. The van der Waals surface area contributed by atoms with Crippen LogP contribution in [-0.2, 0) is 26.2 Å². The summed E-state index contributed by atoms with van der Waals surface area (Å²) in [5.41, 5.74) is 0.553. The molecule has 0 aromatic heterocycles. The van der Waals surface area contributed by atoms with Crippen molar-refractivity contribution in [2.45, 2.75) is 64.1 Å². The molecule has 208 valence electrons. The fourth-order valence-electron chi connectivity index (χ4n) is 4.45. The molecule has 12 heteroatoms. The number of rotatable bonds is 11. The number of hydrogen-bond donors (Lipinski definition) is 1. The fourth-order valence-corrected chi connectivity index (χ4v) is 5.88. The van der Waals surface area contributed by atoms with E-state index < -0.39 is 27.7 Å². The molecule has 1 aliphatic rings. The van der Waals surface area contributed by atoms with E-state index in [4.69, 9.17) is 23.2 Å². The number of benzene rings is 2. The molecule has 1 aliphatic carbocycles. The molecule has 0 aliphatic heterocycles. The van der Waals surface area contributed by atoms with Crippen LogP contribution >= 0.6 is 23.2 Å². The minimum absolute atomic E-state index is 0.0482. The molecule has 2 amide bonds. The fraction of sp³-hybridized carbons (Fsp3) is 0.462. The Labute approximate surface area is 232 Å². The maximum Gasteiger partial charge on any atom is 0.242 e. The molecule has 38 heavy (non-hydrogen) atoms. The number of amides is 2. The van der Waals surface area contributed by atoms with Gasteiger partial charge in [-0.2, -0.15) is 0 Å². The third-order valence-electron chi connectivity index (χ3n) is 6.57. The van der Waals surface area contributed by atoms with Crippen LogP contribution in [0.25, 0.3) is 0 Å². The lowest BCUT2D eigenvalue weighted by Gasteiger charge is -2.30. The Morgan fingerprint density at radius 3 is 2.37 bits per heavy atom. The standard InChI is InChI=1S/C26H31Cl2F2N3O4S/c1-17(26(35)31-20-6-3-4-7-20)32(16-18-9-10-19(27)14-22(18)28)25(34)8-5-13-33(38(2,36)37)21-11-12-23(29)24(30)15-21/h9-12,14-15,17,20H,3-8,13,16H2,1-2H3,(H,31,35)/t17-/m0/s1. The molecule has 0 heterocycles. The molecule has 1 fully saturated rings. The van der Waals surface area contributed by atoms with E-state index >= 15 is 0 Å². The van der Waals surface area contributed by atoms with Crippen molar-refractivity contribution in [3.05, 3.63) is 63.6 Å². The third-order valence-corrected chi connectivity index (χ3v) is 8.35. The van der Waals surface area contributed by atoms with Crippen molar-refractivity contribution < 1.29 is 26.8 Å². The largest absolute Gasteiger partial charge is 0.352 e.